The molecule has 6 nitrogen and oxygen atoms in total. The molecular weight excluding hydrogens is 327 g/mol. The molecule has 1 fully saturated rings. The number of nitrogens with zero attached hydrogens (tertiary/aromatic N) is 3. The van der Waals surface area contributed by atoms with Crippen LogP contribution in [0.3, 0.4) is 0 Å². The molecule has 0 saturated carbocycles. The molecule has 2 aromatic heterocycles. The van der Waals surface area contributed by atoms with Crippen molar-refractivity contribution in [2.24, 2.45) is 0 Å². The molecule has 3 rings (SSSR count). The van der Waals surface area contributed by atoms with E-state index in [1.165, 1.54) is 4.90 Å². The highest BCUT2D eigenvalue weighted by Gasteiger charge is 2.35. The van der Waals surface area contributed by atoms with Crippen LogP contribution in [-0.4, -0.2) is 40.5 Å². The number of amides is 1. The average Bonchev–Trinajstić information content (AvgIpc) is 3.00. The summed E-state index contributed by atoms with van der Waals surface area (Å²) >= 11 is 0. The summed E-state index contributed by atoms with van der Waals surface area (Å²) < 4.78 is 48.5. The molecule has 1 aliphatic rings. The minimum absolute atomic E-state index is 0.0156. The number of carbonyl (C=O) groups excluding carboxylic acids is 1. The third-order valence-corrected chi connectivity index (χ3v) is 3.63. The first-order valence-electron chi connectivity index (χ1n) is 7.20. The summed E-state index contributed by atoms with van der Waals surface area (Å²) in [6.45, 7) is 2.66. The standard InChI is InChI=1S/C15H14F3N3O3/c1-9-2-3-12(24-9)11-8-23-5-4-21(11)13(22)10-6-19-14(20-7-10)15(16,17)18/h2-3,6-7,11H,4-5,8H2,1H3/t11-/m1/s1. The predicted octanol–water partition coefficient (Wildman–Crippen LogP) is 2.61. The summed E-state index contributed by atoms with van der Waals surface area (Å²) in [4.78, 5) is 20.6. The minimum Gasteiger partial charge on any atom is -0.464 e. The number of hydrogen-bond donors (Lipinski definition) is 0. The van der Waals surface area contributed by atoms with E-state index in [2.05, 4.69) is 9.97 Å². The molecule has 0 spiro atoms. The zero-order valence-corrected chi connectivity index (χ0v) is 12.7. The van der Waals surface area contributed by atoms with Crippen molar-refractivity contribution in [1.82, 2.24) is 14.9 Å². The Bertz CT molecular complexity index is 728. The SMILES string of the molecule is Cc1ccc([C@H]2COCCN2C(=O)c2cnc(C(F)(F)F)nc2)o1. The van der Waals surface area contributed by atoms with E-state index in [0.717, 1.165) is 12.4 Å². The molecule has 1 atom stereocenters. The fourth-order valence-corrected chi connectivity index (χ4v) is 2.47. The summed E-state index contributed by atoms with van der Waals surface area (Å²) in [5, 5.41) is 0. The van der Waals surface area contributed by atoms with Crippen molar-refractivity contribution in [3.05, 3.63) is 47.4 Å². The van der Waals surface area contributed by atoms with Crippen molar-refractivity contribution < 1.29 is 27.1 Å². The fourth-order valence-electron chi connectivity index (χ4n) is 2.47. The van der Waals surface area contributed by atoms with Gasteiger partial charge in [0.1, 0.15) is 17.6 Å². The zero-order valence-electron chi connectivity index (χ0n) is 12.7. The number of halogens is 3. The molecule has 24 heavy (non-hydrogen) atoms. The quantitative estimate of drug-likeness (QED) is 0.840. The largest absolute Gasteiger partial charge is 0.464 e. The third kappa shape index (κ3) is 3.25. The molecule has 1 aliphatic heterocycles. The van der Waals surface area contributed by atoms with Gasteiger partial charge in [-0.25, -0.2) is 9.97 Å². The van der Waals surface area contributed by atoms with Gasteiger partial charge in [0, 0.05) is 18.9 Å². The molecule has 0 unspecified atom stereocenters. The van der Waals surface area contributed by atoms with Crippen LogP contribution in [0.2, 0.25) is 0 Å². The molecule has 0 aromatic carbocycles. The van der Waals surface area contributed by atoms with Gasteiger partial charge in [0.2, 0.25) is 5.82 Å². The van der Waals surface area contributed by atoms with Crippen molar-refractivity contribution in [1.29, 1.82) is 0 Å². The number of aryl methyl sites for hydroxylation is 1. The Morgan fingerprint density at radius 2 is 2.00 bits per heavy atom. The molecule has 1 amide bonds. The van der Waals surface area contributed by atoms with E-state index < -0.39 is 23.9 Å². The molecule has 3 heterocycles. The molecular formula is C15H14F3N3O3. The molecule has 0 N–H and O–H groups in total. The normalized spacial score (nSPS) is 18.7. The maximum absolute atomic E-state index is 12.6. The van der Waals surface area contributed by atoms with E-state index in [4.69, 9.17) is 9.15 Å². The van der Waals surface area contributed by atoms with E-state index in [0.29, 0.717) is 24.7 Å². The van der Waals surface area contributed by atoms with Crippen molar-refractivity contribution in [2.75, 3.05) is 19.8 Å². The van der Waals surface area contributed by atoms with Gasteiger partial charge >= 0.3 is 6.18 Å². The van der Waals surface area contributed by atoms with Crippen LogP contribution in [0.4, 0.5) is 13.2 Å². The van der Waals surface area contributed by atoms with Crippen LogP contribution in [0.15, 0.2) is 28.9 Å². The monoisotopic (exact) mass is 341 g/mol. The lowest BCUT2D eigenvalue weighted by molar-refractivity contribution is -0.145. The number of rotatable bonds is 2. The van der Waals surface area contributed by atoms with E-state index in [1.54, 1.807) is 19.1 Å². The third-order valence-electron chi connectivity index (χ3n) is 3.63. The van der Waals surface area contributed by atoms with E-state index in [1.807, 2.05) is 0 Å². The van der Waals surface area contributed by atoms with Crippen molar-refractivity contribution in [3.8, 4) is 0 Å². The second-order valence-corrected chi connectivity index (χ2v) is 5.33. The van der Waals surface area contributed by atoms with Crippen LogP contribution in [-0.2, 0) is 10.9 Å². The summed E-state index contributed by atoms with van der Waals surface area (Å²) in [5.41, 5.74) is -0.0156. The lowest BCUT2D eigenvalue weighted by Gasteiger charge is -2.34. The highest BCUT2D eigenvalue weighted by Crippen LogP contribution is 2.28. The second-order valence-electron chi connectivity index (χ2n) is 5.33. The van der Waals surface area contributed by atoms with Gasteiger partial charge in [-0.2, -0.15) is 13.2 Å². The van der Waals surface area contributed by atoms with Crippen molar-refractivity contribution in [2.45, 2.75) is 19.1 Å². The topological polar surface area (TPSA) is 68.5 Å². The van der Waals surface area contributed by atoms with Crippen LogP contribution in [0.5, 0.6) is 0 Å². The number of morpholine rings is 1. The van der Waals surface area contributed by atoms with Crippen molar-refractivity contribution >= 4 is 5.91 Å². The van der Waals surface area contributed by atoms with Gasteiger partial charge in [0.15, 0.2) is 0 Å². The Balaban J connectivity index is 1.84. The first-order valence-corrected chi connectivity index (χ1v) is 7.20. The van der Waals surface area contributed by atoms with Gasteiger partial charge in [-0.15, -0.1) is 0 Å². The first-order chi connectivity index (χ1) is 11.4. The van der Waals surface area contributed by atoms with Gasteiger partial charge in [-0.3, -0.25) is 4.79 Å². The highest BCUT2D eigenvalue weighted by atomic mass is 19.4. The number of alkyl halides is 3. The Morgan fingerprint density at radius 3 is 2.58 bits per heavy atom. The number of aromatic nitrogens is 2. The van der Waals surface area contributed by atoms with Crippen LogP contribution in [0.1, 0.15) is 33.7 Å². The Kier molecular flexibility index (Phi) is 4.27. The van der Waals surface area contributed by atoms with Gasteiger partial charge in [-0.05, 0) is 19.1 Å². The Morgan fingerprint density at radius 1 is 1.29 bits per heavy atom. The Hall–Kier alpha value is -2.42. The Labute approximate surface area is 135 Å². The lowest BCUT2D eigenvalue weighted by Crippen LogP contribution is -2.43. The van der Waals surface area contributed by atoms with Crippen molar-refractivity contribution in [3.63, 3.8) is 0 Å². The summed E-state index contributed by atoms with van der Waals surface area (Å²) in [5.74, 6) is -0.487. The number of hydrogen-bond acceptors (Lipinski definition) is 5. The zero-order chi connectivity index (χ0) is 17.3. The van der Waals surface area contributed by atoms with Gasteiger partial charge in [-0.1, -0.05) is 0 Å². The molecule has 128 valence electrons. The molecule has 1 saturated heterocycles. The smallest absolute Gasteiger partial charge is 0.451 e. The van der Waals surface area contributed by atoms with Gasteiger partial charge in [0.05, 0.1) is 18.8 Å². The second kappa shape index (κ2) is 6.23. The van der Waals surface area contributed by atoms with Crippen LogP contribution in [0.25, 0.3) is 0 Å². The minimum atomic E-state index is -4.64. The van der Waals surface area contributed by atoms with E-state index in [9.17, 15) is 18.0 Å². The molecule has 0 radical (unpaired) electrons. The van der Waals surface area contributed by atoms with Crippen LogP contribution in [0, 0.1) is 6.92 Å². The molecule has 2 aromatic rings. The highest BCUT2D eigenvalue weighted by molar-refractivity contribution is 5.94. The summed E-state index contributed by atoms with van der Waals surface area (Å²) in [7, 11) is 0. The average molecular weight is 341 g/mol. The maximum Gasteiger partial charge on any atom is 0.451 e. The summed E-state index contributed by atoms with van der Waals surface area (Å²) in [6.07, 6.45) is -2.87. The van der Waals surface area contributed by atoms with Crippen LogP contribution >= 0.6 is 0 Å². The number of carbonyl (C=O) groups is 1. The van der Waals surface area contributed by atoms with E-state index in [-0.39, 0.29) is 12.2 Å². The van der Waals surface area contributed by atoms with Crippen LogP contribution < -0.4 is 0 Å². The first kappa shape index (κ1) is 16.4. The maximum atomic E-state index is 12.6. The van der Waals surface area contributed by atoms with Gasteiger partial charge < -0.3 is 14.1 Å². The summed E-state index contributed by atoms with van der Waals surface area (Å²) in [6, 6.07) is 3.08. The predicted molar refractivity (Wildman–Crippen MR) is 75.1 cm³/mol. The molecule has 0 bridgehead atoms. The number of furan rings is 1. The fraction of sp³-hybridized carbons (Fsp3) is 0.400. The molecule has 0 aliphatic carbocycles. The number of ether oxygens (including phenoxy) is 1. The van der Waals surface area contributed by atoms with E-state index >= 15 is 0 Å². The molecule has 9 heteroatoms. The van der Waals surface area contributed by atoms with Gasteiger partial charge in [0.25, 0.3) is 5.91 Å². The lowest BCUT2D eigenvalue weighted by atomic mass is 10.1.